The van der Waals surface area contributed by atoms with Crippen LogP contribution in [0.15, 0.2) is 48.5 Å². The van der Waals surface area contributed by atoms with Crippen molar-refractivity contribution in [2.24, 2.45) is 5.73 Å². The molecule has 2 aromatic carbocycles. The minimum atomic E-state index is -0.471. The molecule has 6 nitrogen and oxygen atoms in total. The van der Waals surface area contributed by atoms with Crippen molar-refractivity contribution in [3.63, 3.8) is 0 Å². The fourth-order valence-corrected chi connectivity index (χ4v) is 3.27. The summed E-state index contributed by atoms with van der Waals surface area (Å²) in [5.41, 5.74) is 9.49. The molecule has 0 radical (unpaired) electrons. The maximum absolute atomic E-state index is 12.8. The third-order valence-corrected chi connectivity index (χ3v) is 4.76. The van der Waals surface area contributed by atoms with E-state index in [1.807, 2.05) is 31.2 Å². The number of nitrogens with two attached hydrogens (primary N) is 1. The molecule has 3 rings (SSSR count). The quantitative estimate of drug-likeness (QED) is 0.668. The smallest absolute Gasteiger partial charge is 0.260 e. The fraction of sp³-hybridized carbons (Fsp3) is 0.190. The van der Waals surface area contributed by atoms with Crippen LogP contribution in [0.25, 0.3) is 0 Å². The lowest BCUT2D eigenvalue weighted by Crippen LogP contribution is -2.18. The molecule has 0 fully saturated rings. The van der Waals surface area contributed by atoms with Crippen LogP contribution >= 0.6 is 11.6 Å². The van der Waals surface area contributed by atoms with E-state index >= 15 is 0 Å². The number of hydrogen-bond acceptors (Lipinski definition) is 3. The van der Waals surface area contributed by atoms with Crippen molar-refractivity contribution in [2.45, 2.75) is 26.8 Å². The van der Waals surface area contributed by atoms with E-state index in [0.717, 1.165) is 5.56 Å². The number of halogens is 1. The average molecular weight is 397 g/mol. The van der Waals surface area contributed by atoms with Gasteiger partial charge in [0.15, 0.2) is 0 Å². The van der Waals surface area contributed by atoms with Crippen molar-refractivity contribution in [1.29, 1.82) is 0 Å². The molecule has 0 saturated heterocycles. The highest BCUT2D eigenvalue weighted by Crippen LogP contribution is 2.24. The van der Waals surface area contributed by atoms with E-state index in [0.29, 0.717) is 29.1 Å². The van der Waals surface area contributed by atoms with E-state index in [1.165, 1.54) is 5.56 Å². The summed E-state index contributed by atoms with van der Waals surface area (Å²) >= 11 is 6.46. The molecular weight excluding hydrogens is 376 g/mol. The van der Waals surface area contributed by atoms with Gasteiger partial charge in [0, 0.05) is 5.69 Å². The van der Waals surface area contributed by atoms with Crippen LogP contribution in [-0.4, -0.2) is 21.6 Å². The number of amides is 2. The summed E-state index contributed by atoms with van der Waals surface area (Å²) in [4.78, 5) is 24.1. The van der Waals surface area contributed by atoms with Gasteiger partial charge >= 0.3 is 0 Å². The van der Waals surface area contributed by atoms with Gasteiger partial charge in [0.2, 0.25) is 5.91 Å². The number of carbonyl (C=O) groups is 2. The van der Waals surface area contributed by atoms with Gasteiger partial charge in [-0.3, -0.25) is 9.59 Å². The lowest BCUT2D eigenvalue weighted by molar-refractivity contribution is -0.117. The molecule has 2 amide bonds. The molecule has 3 N–H and O–H groups in total. The van der Waals surface area contributed by atoms with E-state index in [4.69, 9.17) is 17.3 Å². The number of hydrogen-bond donors (Lipinski definition) is 2. The maximum Gasteiger partial charge on any atom is 0.260 e. The van der Waals surface area contributed by atoms with Crippen molar-refractivity contribution in [1.82, 2.24) is 9.78 Å². The lowest BCUT2D eigenvalue weighted by Gasteiger charge is -2.10. The topological polar surface area (TPSA) is 90.0 Å². The summed E-state index contributed by atoms with van der Waals surface area (Å²) < 4.78 is 1.60. The maximum atomic E-state index is 12.8. The third-order valence-electron chi connectivity index (χ3n) is 4.38. The van der Waals surface area contributed by atoms with Crippen LogP contribution in [0.3, 0.4) is 0 Å². The van der Waals surface area contributed by atoms with Crippen molar-refractivity contribution in [3.05, 3.63) is 81.6 Å². The van der Waals surface area contributed by atoms with Gasteiger partial charge in [-0.2, -0.15) is 5.10 Å². The number of benzene rings is 2. The van der Waals surface area contributed by atoms with Crippen LogP contribution in [0, 0.1) is 13.8 Å². The molecule has 1 aromatic heterocycles. The number of rotatable bonds is 6. The molecular formula is C21H21ClN4O2. The molecule has 0 aliphatic heterocycles. The lowest BCUT2D eigenvalue weighted by atomic mass is 10.1. The minimum absolute atomic E-state index is 0.0376. The first-order valence-corrected chi connectivity index (χ1v) is 9.19. The first-order chi connectivity index (χ1) is 13.3. The largest absolute Gasteiger partial charge is 0.369 e. The second-order valence-corrected chi connectivity index (χ2v) is 7.01. The molecule has 144 valence electrons. The number of aromatic nitrogens is 2. The highest BCUT2D eigenvalue weighted by molar-refractivity contribution is 6.33. The Bertz CT molecular complexity index is 1030. The normalized spacial score (nSPS) is 10.7. The number of nitrogens with zero attached hydrogens (tertiary/aromatic N) is 2. The monoisotopic (exact) mass is 396 g/mol. The highest BCUT2D eigenvalue weighted by atomic mass is 35.5. The van der Waals surface area contributed by atoms with E-state index in [1.54, 1.807) is 35.9 Å². The van der Waals surface area contributed by atoms with E-state index in [9.17, 15) is 9.59 Å². The summed E-state index contributed by atoms with van der Waals surface area (Å²) in [6.45, 7) is 4.22. The van der Waals surface area contributed by atoms with Gasteiger partial charge in [0.25, 0.3) is 5.91 Å². The molecule has 28 heavy (non-hydrogen) atoms. The standard InChI is InChI=1S/C21H21ClN4O2/c1-13-7-9-15(10-8-13)12-26-20(22)19(14(2)25-26)21(28)24-17-6-4-3-5-16(17)11-18(23)27/h3-10H,11-12H2,1-2H3,(H2,23,27)(H,24,28). The molecule has 0 aliphatic carbocycles. The Morgan fingerprint density at radius 3 is 2.46 bits per heavy atom. The molecule has 7 heteroatoms. The zero-order valence-corrected chi connectivity index (χ0v) is 16.5. The zero-order valence-electron chi connectivity index (χ0n) is 15.7. The number of carbonyl (C=O) groups excluding carboxylic acids is 2. The molecule has 0 spiro atoms. The van der Waals surface area contributed by atoms with Crippen LogP contribution in [-0.2, 0) is 17.8 Å². The number of aryl methyl sites for hydroxylation is 2. The van der Waals surface area contributed by atoms with E-state index < -0.39 is 5.91 Å². The fourth-order valence-electron chi connectivity index (χ4n) is 2.95. The number of nitrogens with one attached hydrogen (secondary N) is 1. The predicted molar refractivity (Wildman–Crippen MR) is 110 cm³/mol. The molecule has 0 aliphatic rings. The van der Waals surface area contributed by atoms with Crippen molar-refractivity contribution < 1.29 is 9.59 Å². The summed E-state index contributed by atoms with van der Waals surface area (Å²) in [6.07, 6.45) is 0.0376. The first kappa shape index (κ1) is 19.6. The Morgan fingerprint density at radius 1 is 1.11 bits per heavy atom. The summed E-state index contributed by atoms with van der Waals surface area (Å²) in [5.74, 6) is -0.851. The zero-order chi connectivity index (χ0) is 20.3. The molecule has 1 heterocycles. The van der Waals surface area contributed by atoms with E-state index in [-0.39, 0.29) is 17.5 Å². The van der Waals surface area contributed by atoms with Crippen LogP contribution < -0.4 is 11.1 Å². The number of para-hydroxylation sites is 1. The van der Waals surface area contributed by atoms with Crippen molar-refractivity contribution in [2.75, 3.05) is 5.32 Å². The second kappa shape index (κ2) is 8.27. The van der Waals surface area contributed by atoms with Crippen molar-refractivity contribution >= 4 is 29.1 Å². The molecule has 3 aromatic rings. The van der Waals surface area contributed by atoms with Crippen LogP contribution in [0.4, 0.5) is 5.69 Å². The average Bonchev–Trinajstić information content (AvgIpc) is 2.91. The Hall–Kier alpha value is -3.12. The summed E-state index contributed by atoms with van der Waals surface area (Å²) in [6, 6.07) is 15.1. The van der Waals surface area contributed by atoms with Gasteiger partial charge in [-0.25, -0.2) is 4.68 Å². The van der Waals surface area contributed by atoms with Crippen molar-refractivity contribution in [3.8, 4) is 0 Å². The molecule has 0 saturated carbocycles. The van der Waals surface area contributed by atoms with Crippen LogP contribution in [0.1, 0.15) is 32.7 Å². The number of anilines is 1. The van der Waals surface area contributed by atoms with Gasteiger partial charge in [0.1, 0.15) is 5.15 Å². The predicted octanol–water partition coefficient (Wildman–Crippen LogP) is 3.48. The Labute approximate surface area is 168 Å². The molecule has 0 atom stereocenters. The molecule has 0 unspecified atom stereocenters. The summed E-state index contributed by atoms with van der Waals surface area (Å²) in [7, 11) is 0. The van der Waals surface area contributed by atoms with Gasteiger partial charge in [-0.15, -0.1) is 0 Å². The van der Waals surface area contributed by atoms with E-state index in [2.05, 4.69) is 10.4 Å². The van der Waals surface area contributed by atoms with Crippen LogP contribution in [0.2, 0.25) is 5.15 Å². The van der Waals surface area contributed by atoms with Crippen LogP contribution in [0.5, 0.6) is 0 Å². The highest BCUT2D eigenvalue weighted by Gasteiger charge is 2.21. The Balaban J connectivity index is 1.84. The van der Waals surface area contributed by atoms with Gasteiger partial charge in [0.05, 0.1) is 24.2 Å². The first-order valence-electron chi connectivity index (χ1n) is 8.81. The summed E-state index contributed by atoms with van der Waals surface area (Å²) in [5, 5.41) is 7.49. The Kier molecular flexibility index (Phi) is 5.80. The molecule has 0 bridgehead atoms. The van der Waals surface area contributed by atoms with Gasteiger partial charge in [-0.05, 0) is 31.0 Å². The second-order valence-electron chi connectivity index (χ2n) is 6.65. The SMILES string of the molecule is Cc1ccc(Cn2nc(C)c(C(=O)Nc3ccccc3CC(N)=O)c2Cl)cc1. The third kappa shape index (κ3) is 4.40. The van der Waals surface area contributed by atoms with Gasteiger partial charge < -0.3 is 11.1 Å². The number of primary amides is 1. The Morgan fingerprint density at radius 2 is 1.79 bits per heavy atom. The minimum Gasteiger partial charge on any atom is -0.369 e. The van der Waals surface area contributed by atoms with Gasteiger partial charge in [-0.1, -0.05) is 59.6 Å².